The van der Waals surface area contributed by atoms with Crippen LogP contribution in [0.3, 0.4) is 0 Å². The van der Waals surface area contributed by atoms with Crippen molar-refractivity contribution in [3.63, 3.8) is 0 Å². The molecule has 0 aliphatic rings. The highest BCUT2D eigenvalue weighted by Gasteiger charge is 2.03. The van der Waals surface area contributed by atoms with E-state index in [1.807, 2.05) is 41.5 Å². The number of rotatable bonds is 0. The zero-order chi connectivity index (χ0) is 11.1. The minimum atomic E-state index is -0.241. The molecule has 0 saturated carbocycles. The van der Waals surface area contributed by atoms with Crippen LogP contribution >= 0.6 is 0 Å². The van der Waals surface area contributed by atoms with Crippen LogP contribution in [0.4, 0.5) is 0 Å². The van der Waals surface area contributed by atoms with Gasteiger partial charge in [-0.05, 0) is 26.3 Å². The normalized spacial score (nSPS) is 10.2. The average molecular weight is 181 g/mol. The Kier molecular flexibility index (Phi) is 6.10. The van der Waals surface area contributed by atoms with Crippen molar-refractivity contribution in [3.8, 4) is 12.3 Å². The number of terminal acetylenes is 1. The number of nitrogens with zero attached hydrogens (tertiary/aromatic N) is 3. The zero-order valence-corrected chi connectivity index (χ0v) is 9.42. The largest absolute Gasteiger partial charge is 0.120 e. The highest BCUT2D eigenvalue weighted by Crippen LogP contribution is 2.08. The number of hydrogen-bond donors (Lipinski definition) is 0. The summed E-state index contributed by atoms with van der Waals surface area (Å²) < 4.78 is 0. The van der Waals surface area contributed by atoms with E-state index in [0.717, 1.165) is 0 Å². The molecule has 0 amide bonds. The Labute approximate surface area is 81.2 Å². The maximum absolute atomic E-state index is 7.86. The van der Waals surface area contributed by atoms with Crippen molar-refractivity contribution in [1.29, 1.82) is 0 Å². The van der Waals surface area contributed by atoms with E-state index in [-0.39, 0.29) is 11.0 Å². The van der Waals surface area contributed by atoms with E-state index in [9.17, 15) is 0 Å². The second-order valence-corrected chi connectivity index (χ2v) is 4.75. The van der Waals surface area contributed by atoms with Gasteiger partial charge in [-0.25, -0.2) is 0 Å². The van der Waals surface area contributed by atoms with E-state index in [4.69, 9.17) is 12.0 Å². The molecule has 0 fully saturated rings. The van der Waals surface area contributed by atoms with Gasteiger partial charge in [-0.15, -0.1) is 12.3 Å². The third-order valence-corrected chi connectivity index (χ3v) is 0.778. The van der Waals surface area contributed by atoms with Gasteiger partial charge in [0.25, 0.3) is 0 Å². The summed E-state index contributed by atoms with van der Waals surface area (Å²) in [6.07, 6.45) is 5.06. The Morgan fingerprint density at radius 1 is 1.15 bits per heavy atom. The molecule has 0 N–H and O–H groups in total. The second kappa shape index (κ2) is 5.50. The molecule has 0 radical (unpaired) electrons. The van der Waals surface area contributed by atoms with Crippen LogP contribution in [0.1, 0.15) is 41.5 Å². The third-order valence-electron chi connectivity index (χ3n) is 0.778. The van der Waals surface area contributed by atoms with E-state index >= 15 is 0 Å². The van der Waals surface area contributed by atoms with Crippen LogP contribution in [0.25, 0.3) is 10.4 Å². The standard InChI is InChI=1S/C6H10.C4H9N3/c1-5-6(2,3)4;1-4(2,3)6-7-5/h1H,2-4H3;1-3H3. The fourth-order valence-corrected chi connectivity index (χ4v) is 0.134. The van der Waals surface area contributed by atoms with Crippen LogP contribution in [0.15, 0.2) is 5.11 Å². The number of azide groups is 1. The quantitative estimate of drug-likeness (QED) is 0.236. The molecule has 0 saturated heterocycles. The van der Waals surface area contributed by atoms with Crippen LogP contribution in [0, 0.1) is 17.8 Å². The summed E-state index contributed by atoms with van der Waals surface area (Å²) in [6, 6.07) is 0. The Morgan fingerprint density at radius 3 is 1.46 bits per heavy atom. The number of hydrogen-bond acceptors (Lipinski definition) is 1. The molecule has 3 heteroatoms. The first-order chi connectivity index (χ1) is 5.62. The van der Waals surface area contributed by atoms with Gasteiger partial charge >= 0.3 is 0 Å². The van der Waals surface area contributed by atoms with Crippen molar-refractivity contribution in [2.75, 3.05) is 0 Å². The van der Waals surface area contributed by atoms with E-state index in [1.165, 1.54) is 0 Å². The molecule has 13 heavy (non-hydrogen) atoms. The van der Waals surface area contributed by atoms with Crippen molar-refractivity contribution < 1.29 is 0 Å². The molecule has 0 spiro atoms. The maximum Gasteiger partial charge on any atom is 0.0403 e. The molecule has 0 aromatic carbocycles. The van der Waals surface area contributed by atoms with Gasteiger partial charge in [-0.3, -0.25) is 0 Å². The predicted octanol–water partition coefficient (Wildman–Crippen LogP) is 3.76. The molecule has 3 nitrogen and oxygen atoms in total. The lowest BCUT2D eigenvalue weighted by Gasteiger charge is -2.05. The summed E-state index contributed by atoms with van der Waals surface area (Å²) in [5, 5.41) is 3.44. The molecule has 0 aromatic heterocycles. The fourth-order valence-electron chi connectivity index (χ4n) is 0.134. The van der Waals surface area contributed by atoms with Crippen molar-refractivity contribution in [1.82, 2.24) is 0 Å². The molecule has 0 aliphatic carbocycles. The summed E-state index contributed by atoms with van der Waals surface area (Å²) in [5.41, 5.74) is 7.69. The first-order valence-electron chi connectivity index (χ1n) is 4.16. The van der Waals surface area contributed by atoms with Gasteiger partial charge in [0.2, 0.25) is 0 Å². The van der Waals surface area contributed by atoms with Crippen molar-refractivity contribution >= 4 is 0 Å². The molecule has 0 rings (SSSR count). The molecule has 0 bridgehead atoms. The summed E-state index contributed by atoms with van der Waals surface area (Å²) >= 11 is 0. The van der Waals surface area contributed by atoms with E-state index in [0.29, 0.717) is 0 Å². The Morgan fingerprint density at radius 2 is 1.46 bits per heavy atom. The highest BCUT2D eigenvalue weighted by molar-refractivity contribution is 4.96. The summed E-state index contributed by atoms with van der Waals surface area (Å²) in [6.45, 7) is 11.6. The summed E-state index contributed by atoms with van der Waals surface area (Å²) in [5.74, 6) is 2.60. The van der Waals surface area contributed by atoms with E-state index < -0.39 is 0 Å². The Hall–Kier alpha value is -1.13. The van der Waals surface area contributed by atoms with Gasteiger partial charge in [-0.2, -0.15) is 0 Å². The van der Waals surface area contributed by atoms with Crippen LogP contribution in [0.2, 0.25) is 0 Å². The van der Waals surface area contributed by atoms with Crippen molar-refractivity contribution in [2.45, 2.75) is 47.1 Å². The monoisotopic (exact) mass is 181 g/mol. The zero-order valence-electron chi connectivity index (χ0n) is 9.42. The average Bonchev–Trinajstić information content (AvgIpc) is 1.84. The van der Waals surface area contributed by atoms with Gasteiger partial charge < -0.3 is 0 Å². The van der Waals surface area contributed by atoms with Gasteiger partial charge in [0.15, 0.2) is 0 Å². The van der Waals surface area contributed by atoms with Crippen molar-refractivity contribution in [3.05, 3.63) is 10.4 Å². The maximum atomic E-state index is 7.86. The summed E-state index contributed by atoms with van der Waals surface area (Å²) in [4.78, 5) is 2.63. The van der Waals surface area contributed by atoms with E-state index in [1.54, 1.807) is 0 Å². The van der Waals surface area contributed by atoms with Crippen LogP contribution in [-0.2, 0) is 0 Å². The predicted molar refractivity (Wildman–Crippen MR) is 57.2 cm³/mol. The second-order valence-electron chi connectivity index (χ2n) is 4.75. The van der Waals surface area contributed by atoms with Gasteiger partial charge in [0.1, 0.15) is 0 Å². The first kappa shape index (κ1) is 14.4. The minimum Gasteiger partial charge on any atom is -0.120 e. The molecule has 0 atom stereocenters. The Bertz CT molecular complexity index is 216. The minimum absolute atomic E-state index is 0.0694. The molecule has 0 unspecified atom stereocenters. The van der Waals surface area contributed by atoms with Gasteiger partial charge in [0.05, 0.1) is 0 Å². The van der Waals surface area contributed by atoms with Crippen molar-refractivity contribution in [2.24, 2.45) is 10.5 Å². The Balaban J connectivity index is 0. The topological polar surface area (TPSA) is 48.8 Å². The lowest BCUT2D eigenvalue weighted by molar-refractivity contribution is 0.571. The molecule has 0 heterocycles. The molecule has 0 aromatic rings. The van der Waals surface area contributed by atoms with Gasteiger partial charge in [-0.1, -0.05) is 25.9 Å². The van der Waals surface area contributed by atoms with Crippen LogP contribution in [-0.4, -0.2) is 5.54 Å². The first-order valence-corrected chi connectivity index (χ1v) is 4.16. The fraction of sp³-hybridized carbons (Fsp3) is 0.800. The SMILES string of the molecule is C#CC(C)(C)C.CC(C)(C)N=[N+]=[N-]. The molecule has 0 aliphatic heterocycles. The van der Waals surface area contributed by atoms with E-state index in [2.05, 4.69) is 15.9 Å². The third kappa shape index (κ3) is 24.8. The molecule has 74 valence electrons. The summed E-state index contributed by atoms with van der Waals surface area (Å²) in [7, 11) is 0. The molecular formula is C10H19N3. The van der Waals surface area contributed by atoms with Gasteiger partial charge in [0, 0.05) is 15.9 Å². The smallest absolute Gasteiger partial charge is 0.0403 e. The molecular weight excluding hydrogens is 162 g/mol. The lowest BCUT2D eigenvalue weighted by Crippen LogP contribution is -2.06. The van der Waals surface area contributed by atoms with Crippen LogP contribution in [0.5, 0.6) is 0 Å². The lowest BCUT2D eigenvalue weighted by atomic mass is 9.99. The highest BCUT2D eigenvalue weighted by atomic mass is 15.2. The van der Waals surface area contributed by atoms with Crippen LogP contribution < -0.4 is 0 Å².